The summed E-state index contributed by atoms with van der Waals surface area (Å²) >= 11 is 4.25. The van der Waals surface area contributed by atoms with Gasteiger partial charge in [0.15, 0.2) is 0 Å². The zero-order valence-electron chi connectivity index (χ0n) is 8.34. The molecule has 7 heteroatoms. The third kappa shape index (κ3) is 3.60. The van der Waals surface area contributed by atoms with Crippen LogP contribution in [0.15, 0.2) is 15.9 Å². The van der Waals surface area contributed by atoms with Gasteiger partial charge in [0.25, 0.3) is 0 Å². The van der Waals surface area contributed by atoms with Gasteiger partial charge in [-0.2, -0.15) is 0 Å². The molecule has 88 valence electrons. The van der Waals surface area contributed by atoms with Crippen molar-refractivity contribution in [3.8, 4) is 0 Å². The molecule has 0 spiro atoms. The number of hydrogen-bond acceptors (Lipinski definition) is 6. The van der Waals surface area contributed by atoms with Gasteiger partial charge < -0.3 is 15.2 Å². The van der Waals surface area contributed by atoms with Crippen LogP contribution in [0.2, 0.25) is 0 Å². The summed E-state index contributed by atoms with van der Waals surface area (Å²) < 4.78 is 5.36. The highest BCUT2D eigenvalue weighted by atomic mass is 79.9. The molecule has 0 aromatic carbocycles. The van der Waals surface area contributed by atoms with Crippen LogP contribution in [0.25, 0.3) is 6.08 Å². The Kier molecular flexibility index (Phi) is 4.94. The molecule has 0 aliphatic carbocycles. The van der Waals surface area contributed by atoms with Crippen LogP contribution in [0.4, 0.5) is 5.00 Å². The van der Waals surface area contributed by atoms with Crippen molar-refractivity contribution in [2.24, 2.45) is 0 Å². The molecule has 16 heavy (non-hydrogen) atoms. The molecule has 1 N–H and O–H groups in total. The monoisotopic (exact) mass is 306 g/mol. The zero-order valence-corrected chi connectivity index (χ0v) is 10.7. The molecule has 0 bridgehead atoms. The number of hydrogen-bond donors (Lipinski definition) is 1. The summed E-state index contributed by atoms with van der Waals surface area (Å²) in [6.07, 6.45) is 2.61. The molecular weight excluding hydrogens is 298 g/mol. The summed E-state index contributed by atoms with van der Waals surface area (Å²) in [6.45, 7) is 1.99. The van der Waals surface area contributed by atoms with E-state index < -0.39 is 5.97 Å². The minimum atomic E-state index is -0.494. The topological polar surface area (TPSA) is 72.8 Å². The van der Waals surface area contributed by atoms with E-state index in [1.807, 2.05) is 0 Å². The fourth-order valence-corrected chi connectivity index (χ4v) is 2.38. The molecule has 0 saturated heterocycles. The average molecular weight is 307 g/mol. The van der Waals surface area contributed by atoms with Crippen molar-refractivity contribution in [1.82, 2.24) is 0 Å². The summed E-state index contributed by atoms with van der Waals surface area (Å²) in [6, 6.07) is 1.62. The quantitative estimate of drug-likeness (QED) is 0.526. The molecular formula is C9H9BrNO4S-. The van der Waals surface area contributed by atoms with Crippen LogP contribution >= 0.6 is 27.3 Å². The summed E-state index contributed by atoms with van der Waals surface area (Å²) in [5, 5.41) is 19.4. The smallest absolute Gasteiger partial charge is 0.330 e. The molecule has 1 aromatic rings. The maximum absolute atomic E-state index is 11.0. The molecule has 0 radical (unpaired) electrons. The molecule has 0 atom stereocenters. The van der Waals surface area contributed by atoms with Crippen LogP contribution in [0, 0.1) is 5.21 Å². The van der Waals surface area contributed by atoms with E-state index in [-0.39, 0.29) is 16.8 Å². The fraction of sp³-hybridized carbons (Fsp3) is 0.222. The lowest BCUT2D eigenvalue weighted by atomic mass is 10.3. The van der Waals surface area contributed by atoms with E-state index in [4.69, 9.17) is 5.21 Å². The van der Waals surface area contributed by atoms with Gasteiger partial charge in [0.2, 0.25) is 0 Å². The highest BCUT2D eigenvalue weighted by molar-refractivity contribution is 9.11. The van der Waals surface area contributed by atoms with Gasteiger partial charge in [-0.05, 0) is 35.0 Å². The number of carbonyl (C=O) groups excluding carboxylic acids is 1. The molecule has 1 aromatic heterocycles. The maximum Gasteiger partial charge on any atom is 0.330 e. The van der Waals surface area contributed by atoms with E-state index in [0.29, 0.717) is 9.35 Å². The van der Waals surface area contributed by atoms with Crippen LogP contribution in [-0.4, -0.2) is 17.8 Å². The standard InChI is InChI=1S/C9H9BrNO4S/c1-2-15-8(12)4-3-6-5-7(10)16-9(6)11(13)14/h3-5,13H,2H2,1H3/q-1/b4-3+. The normalized spacial score (nSPS) is 10.8. The third-order valence-corrected chi connectivity index (χ3v) is 3.18. The molecule has 0 unspecified atom stereocenters. The predicted octanol–water partition coefficient (Wildman–Crippen LogP) is 2.78. The van der Waals surface area contributed by atoms with Crippen molar-refractivity contribution in [2.75, 3.05) is 11.8 Å². The van der Waals surface area contributed by atoms with Gasteiger partial charge in [-0.15, -0.1) is 11.3 Å². The second-order valence-electron chi connectivity index (χ2n) is 2.67. The lowest BCUT2D eigenvalue weighted by molar-refractivity contribution is -0.137. The lowest BCUT2D eigenvalue weighted by Gasteiger charge is -2.20. The number of thiophene rings is 1. The first kappa shape index (κ1) is 13.2. The molecule has 5 nitrogen and oxygen atoms in total. The number of carbonyl (C=O) groups is 1. The van der Waals surface area contributed by atoms with Crippen molar-refractivity contribution < 1.29 is 14.7 Å². The molecule has 0 aliphatic rings. The van der Waals surface area contributed by atoms with E-state index in [0.717, 1.165) is 11.3 Å². The molecule has 0 fully saturated rings. The number of nitrogens with zero attached hydrogens (tertiary/aromatic N) is 1. The minimum absolute atomic E-state index is 0.104. The number of halogens is 1. The van der Waals surface area contributed by atoms with Crippen LogP contribution in [0.1, 0.15) is 12.5 Å². The van der Waals surface area contributed by atoms with Crippen LogP contribution < -0.4 is 5.23 Å². The maximum atomic E-state index is 11.0. The average Bonchev–Trinajstić information content (AvgIpc) is 2.57. The Morgan fingerprint density at radius 2 is 2.50 bits per heavy atom. The van der Waals surface area contributed by atoms with Gasteiger partial charge in [0.05, 0.1) is 10.4 Å². The van der Waals surface area contributed by atoms with E-state index in [1.54, 1.807) is 13.0 Å². The van der Waals surface area contributed by atoms with Gasteiger partial charge in [-0.3, -0.25) is 5.21 Å². The second kappa shape index (κ2) is 6.00. The Morgan fingerprint density at radius 3 is 3.06 bits per heavy atom. The molecule has 1 heterocycles. The highest BCUT2D eigenvalue weighted by Crippen LogP contribution is 2.34. The fourth-order valence-electron chi connectivity index (χ4n) is 0.982. The number of anilines is 1. The van der Waals surface area contributed by atoms with Gasteiger partial charge >= 0.3 is 5.97 Å². The predicted molar refractivity (Wildman–Crippen MR) is 65.3 cm³/mol. The Bertz CT molecular complexity index is 402. The van der Waals surface area contributed by atoms with Crippen LogP contribution in [0.5, 0.6) is 0 Å². The molecule has 0 aliphatic heterocycles. The van der Waals surface area contributed by atoms with E-state index >= 15 is 0 Å². The lowest BCUT2D eigenvalue weighted by Crippen LogP contribution is -2.06. The second-order valence-corrected chi connectivity index (χ2v) is 5.08. The minimum Gasteiger partial charge on any atom is -0.733 e. The van der Waals surface area contributed by atoms with Crippen molar-refractivity contribution in [3.05, 3.63) is 26.7 Å². The first-order valence-electron chi connectivity index (χ1n) is 4.35. The Hall–Kier alpha value is -0.890. The first-order valence-corrected chi connectivity index (χ1v) is 5.95. The molecule has 0 saturated carbocycles. The van der Waals surface area contributed by atoms with E-state index in [2.05, 4.69) is 20.7 Å². The molecule has 1 rings (SSSR count). The SMILES string of the molecule is CCOC(=O)/C=C/c1cc(Br)sc1N([O-])O. The van der Waals surface area contributed by atoms with Gasteiger partial charge in [0, 0.05) is 11.6 Å². The van der Waals surface area contributed by atoms with Crippen molar-refractivity contribution in [2.45, 2.75) is 6.92 Å². The van der Waals surface area contributed by atoms with Gasteiger partial charge in [-0.1, -0.05) is 0 Å². The summed E-state index contributed by atoms with van der Waals surface area (Å²) in [5.41, 5.74) is 0.447. The summed E-state index contributed by atoms with van der Waals surface area (Å²) in [7, 11) is 0. The van der Waals surface area contributed by atoms with Gasteiger partial charge in [-0.25, -0.2) is 4.79 Å². The number of esters is 1. The summed E-state index contributed by atoms with van der Waals surface area (Å²) in [4.78, 5) is 11.0. The summed E-state index contributed by atoms with van der Waals surface area (Å²) in [5.74, 6) is -0.494. The largest absolute Gasteiger partial charge is 0.733 e. The van der Waals surface area contributed by atoms with Crippen LogP contribution in [-0.2, 0) is 9.53 Å². The van der Waals surface area contributed by atoms with Crippen molar-refractivity contribution in [3.63, 3.8) is 0 Å². The Labute approximate surface area is 105 Å². The molecule has 0 amide bonds. The van der Waals surface area contributed by atoms with E-state index in [9.17, 15) is 10.0 Å². The van der Waals surface area contributed by atoms with Crippen molar-refractivity contribution >= 4 is 44.3 Å². The number of rotatable bonds is 4. The van der Waals surface area contributed by atoms with E-state index in [1.165, 1.54) is 12.2 Å². The van der Waals surface area contributed by atoms with Crippen molar-refractivity contribution in [1.29, 1.82) is 0 Å². The Balaban J connectivity index is 2.84. The highest BCUT2D eigenvalue weighted by Gasteiger charge is 2.06. The number of ether oxygens (including phenoxy) is 1. The van der Waals surface area contributed by atoms with Gasteiger partial charge in [0.1, 0.15) is 5.00 Å². The third-order valence-electron chi connectivity index (χ3n) is 1.57. The Morgan fingerprint density at radius 1 is 1.81 bits per heavy atom. The van der Waals surface area contributed by atoms with Crippen LogP contribution in [0.3, 0.4) is 0 Å². The first-order chi connectivity index (χ1) is 7.54. The zero-order chi connectivity index (χ0) is 12.1.